The maximum atomic E-state index is 5.83. The Kier molecular flexibility index (Phi) is 38.8. The largest absolute Gasteiger partial charge is 0.381 e. The summed E-state index contributed by atoms with van der Waals surface area (Å²) < 4.78 is 11.7. The predicted octanol–water partition coefficient (Wildman–Crippen LogP) is 13.5. The van der Waals surface area contributed by atoms with Crippen LogP contribution in [-0.2, 0) is 9.47 Å². The third-order valence-corrected chi connectivity index (χ3v) is 8.18. The van der Waals surface area contributed by atoms with Crippen molar-refractivity contribution >= 4 is 0 Å². The molecule has 0 aromatic heterocycles. The van der Waals surface area contributed by atoms with Crippen LogP contribution in [0.4, 0.5) is 0 Å². The Morgan fingerprint density at radius 2 is 0.488 bits per heavy atom. The molecule has 0 aliphatic heterocycles. The molecule has 0 saturated carbocycles. The summed E-state index contributed by atoms with van der Waals surface area (Å²) in [4.78, 5) is 0. The predicted molar refractivity (Wildman–Crippen MR) is 185 cm³/mol. The van der Waals surface area contributed by atoms with Crippen LogP contribution in [-0.4, -0.2) is 26.4 Å². The summed E-state index contributed by atoms with van der Waals surface area (Å²) in [6, 6.07) is 0. The van der Waals surface area contributed by atoms with Crippen LogP contribution in [0.15, 0.2) is 24.3 Å². The van der Waals surface area contributed by atoms with Crippen LogP contribution in [0.1, 0.15) is 200 Å². The average Bonchev–Trinajstić information content (AvgIpc) is 2.98. The molecule has 0 bridgehead atoms. The molecule has 244 valence electrons. The Balaban J connectivity index is 3.09. The smallest absolute Gasteiger partial charge is 0.0466 e. The molecule has 0 aromatic rings. The lowest BCUT2D eigenvalue weighted by Gasteiger charge is -2.06. The molecule has 0 fully saturated rings. The first-order valence-electron chi connectivity index (χ1n) is 18.9. The van der Waals surface area contributed by atoms with Crippen LogP contribution in [0.25, 0.3) is 0 Å². The highest BCUT2D eigenvalue weighted by Crippen LogP contribution is 2.11. The van der Waals surface area contributed by atoms with Gasteiger partial charge in [-0.1, -0.05) is 141 Å². The van der Waals surface area contributed by atoms with E-state index in [9.17, 15) is 0 Å². The van der Waals surface area contributed by atoms with Gasteiger partial charge in [0.25, 0.3) is 0 Å². The lowest BCUT2D eigenvalue weighted by molar-refractivity contribution is 0.111. The van der Waals surface area contributed by atoms with Crippen LogP contribution in [0, 0.1) is 0 Å². The molecular formula is C39H76O2. The van der Waals surface area contributed by atoms with Crippen molar-refractivity contribution in [2.45, 2.75) is 200 Å². The van der Waals surface area contributed by atoms with Crippen molar-refractivity contribution in [1.82, 2.24) is 0 Å². The van der Waals surface area contributed by atoms with E-state index in [0.717, 1.165) is 26.4 Å². The maximum Gasteiger partial charge on any atom is 0.0466 e. The zero-order valence-corrected chi connectivity index (χ0v) is 28.5. The first kappa shape index (κ1) is 40.4. The van der Waals surface area contributed by atoms with Crippen molar-refractivity contribution in [1.29, 1.82) is 0 Å². The van der Waals surface area contributed by atoms with Gasteiger partial charge in [-0.05, 0) is 83.5 Å². The second-order valence-corrected chi connectivity index (χ2v) is 12.5. The number of hydrogen-bond donors (Lipinski definition) is 0. The van der Waals surface area contributed by atoms with Gasteiger partial charge in [0, 0.05) is 26.4 Å². The van der Waals surface area contributed by atoms with E-state index in [0.29, 0.717) is 0 Å². The second-order valence-electron chi connectivity index (χ2n) is 12.5. The highest BCUT2D eigenvalue weighted by Gasteiger charge is 1.95. The van der Waals surface area contributed by atoms with Gasteiger partial charge in [0.15, 0.2) is 0 Å². The first-order valence-corrected chi connectivity index (χ1v) is 18.9. The summed E-state index contributed by atoms with van der Waals surface area (Å²) in [7, 11) is 0. The van der Waals surface area contributed by atoms with Crippen molar-refractivity contribution in [3.05, 3.63) is 24.3 Å². The number of ether oxygens (including phenoxy) is 2. The van der Waals surface area contributed by atoms with E-state index in [4.69, 9.17) is 9.47 Å². The van der Waals surface area contributed by atoms with Gasteiger partial charge in [0.1, 0.15) is 0 Å². The Morgan fingerprint density at radius 3 is 0.780 bits per heavy atom. The molecule has 0 aromatic carbocycles. The van der Waals surface area contributed by atoms with Crippen LogP contribution in [0.2, 0.25) is 0 Å². The minimum absolute atomic E-state index is 0.928. The van der Waals surface area contributed by atoms with Crippen molar-refractivity contribution in [3.63, 3.8) is 0 Å². The lowest BCUT2D eigenvalue weighted by atomic mass is 10.1. The van der Waals surface area contributed by atoms with Crippen molar-refractivity contribution < 1.29 is 9.47 Å². The van der Waals surface area contributed by atoms with Crippen molar-refractivity contribution in [3.8, 4) is 0 Å². The number of unbranched alkanes of at least 4 members (excludes halogenated alkanes) is 24. The van der Waals surface area contributed by atoms with Gasteiger partial charge in [-0.15, -0.1) is 0 Å². The van der Waals surface area contributed by atoms with Gasteiger partial charge >= 0.3 is 0 Å². The minimum Gasteiger partial charge on any atom is -0.381 e. The van der Waals surface area contributed by atoms with E-state index in [-0.39, 0.29) is 0 Å². The maximum absolute atomic E-state index is 5.83. The Morgan fingerprint density at radius 1 is 0.268 bits per heavy atom. The normalized spacial score (nSPS) is 12.0. The second kappa shape index (κ2) is 39.4. The molecule has 0 unspecified atom stereocenters. The fourth-order valence-corrected chi connectivity index (χ4v) is 5.34. The summed E-state index contributed by atoms with van der Waals surface area (Å²) in [6.45, 7) is 8.33. The lowest BCUT2D eigenvalue weighted by Crippen LogP contribution is -2.00. The average molecular weight is 577 g/mol. The van der Waals surface area contributed by atoms with Gasteiger partial charge in [0.2, 0.25) is 0 Å². The van der Waals surface area contributed by atoms with Gasteiger partial charge < -0.3 is 9.47 Å². The van der Waals surface area contributed by atoms with Crippen molar-refractivity contribution in [2.24, 2.45) is 0 Å². The molecule has 0 atom stereocenters. The van der Waals surface area contributed by atoms with Gasteiger partial charge in [-0.2, -0.15) is 0 Å². The quantitative estimate of drug-likeness (QED) is 0.0545. The Hall–Kier alpha value is -0.600. The fraction of sp³-hybridized carbons (Fsp3) is 0.897. The molecule has 41 heavy (non-hydrogen) atoms. The molecule has 0 aliphatic carbocycles. The van der Waals surface area contributed by atoms with E-state index < -0.39 is 0 Å². The first-order chi connectivity index (χ1) is 20.4. The fourth-order valence-electron chi connectivity index (χ4n) is 5.34. The van der Waals surface area contributed by atoms with E-state index >= 15 is 0 Å². The molecule has 0 radical (unpaired) electrons. The van der Waals surface area contributed by atoms with Crippen LogP contribution in [0.3, 0.4) is 0 Å². The van der Waals surface area contributed by atoms with Gasteiger partial charge in [-0.25, -0.2) is 0 Å². The number of rotatable bonds is 36. The topological polar surface area (TPSA) is 18.5 Å². The summed E-state index contributed by atoms with van der Waals surface area (Å²) in [6.07, 6.45) is 48.5. The van der Waals surface area contributed by atoms with E-state index in [2.05, 4.69) is 38.2 Å². The minimum atomic E-state index is 0.928. The van der Waals surface area contributed by atoms with Crippen LogP contribution < -0.4 is 0 Å². The third kappa shape index (κ3) is 39.4. The zero-order chi connectivity index (χ0) is 29.6. The summed E-state index contributed by atoms with van der Waals surface area (Å²) >= 11 is 0. The number of allylic oxidation sites excluding steroid dienone is 4. The van der Waals surface area contributed by atoms with Gasteiger partial charge in [-0.3, -0.25) is 0 Å². The molecule has 0 aliphatic rings. The molecule has 0 spiro atoms. The summed E-state index contributed by atoms with van der Waals surface area (Å²) in [5.74, 6) is 0. The summed E-state index contributed by atoms with van der Waals surface area (Å²) in [5, 5.41) is 0. The summed E-state index contributed by atoms with van der Waals surface area (Å²) in [5.41, 5.74) is 0. The molecule has 0 N–H and O–H groups in total. The molecule has 0 heterocycles. The van der Waals surface area contributed by atoms with E-state index in [1.54, 1.807) is 0 Å². The van der Waals surface area contributed by atoms with Crippen LogP contribution in [0.5, 0.6) is 0 Å². The molecule has 0 rings (SSSR count). The molecular weight excluding hydrogens is 500 g/mol. The zero-order valence-electron chi connectivity index (χ0n) is 28.5. The highest BCUT2D eigenvalue weighted by atomic mass is 16.5. The van der Waals surface area contributed by atoms with E-state index in [1.165, 1.54) is 186 Å². The molecule has 2 nitrogen and oxygen atoms in total. The van der Waals surface area contributed by atoms with Crippen LogP contribution >= 0.6 is 0 Å². The monoisotopic (exact) mass is 577 g/mol. The van der Waals surface area contributed by atoms with E-state index in [1.807, 2.05) is 0 Å². The number of hydrogen-bond acceptors (Lipinski definition) is 2. The Labute approximate surface area is 259 Å². The SMILES string of the molecule is CCCCCCCC/C=C\CCCCCCCOCCCCCOCCCCCCC/C=C\CCCCCCCC. The standard InChI is InChI=1S/C39H76O2/c1-3-5-7-9-11-13-15-17-19-21-23-25-27-29-32-36-40-38-34-31-35-39-41-37-33-30-28-26-24-22-20-18-16-14-12-10-8-6-4-2/h17-20H,3-16,21-39H2,1-2H3/b19-17-,20-18-. The van der Waals surface area contributed by atoms with Crippen molar-refractivity contribution in [2.75, 3.05) is 26.4 Å². The third-order valence-electron chi connectivity index (χ3n) is 8.18. The van der Waals surface area contributed by atoms with Gasteiger partial charge in [0.05, 0.1) is 0 Å². The molecule has 0 saturated heterocycles. The Bertz CT molecular complexity index is 454. The molecule has 2 heteroatoms. The molecule has 0 amide bonds. The highest BCUT2D eigenvalue weighted by molar-refractivity contribution is 4.82.